The summed E-state index contributed by atoms with van der Waals surface area (Å²) >= 11 is 6.21. The van der Waals surface area contributed by atoms with Crippen molar-refractivity contribution in [3.05, 3.63) is 70.2 Å². The number of carbonyl (C=O) groups is 12. The molecule has 0 spiro atoms. The second-order valence-corrected chi connectivity index (χ2v) is 27.0. The van der Waals surface area contributed by atoms with E-state index in [-0.39, 0.29) is 57.2 Å². The van der Waals surface area contributed by atoms with Gasteiger partial charge in [0.25, 0.3) is 0 Å². The smallest absolute Gasteiger partial charge is 0.379 e. The van der Waals surface area contributed by atoms with Gasteiger partial charge in [-0.3, -0.25) is 57.5 Å². The first-order valence-corrected chi connectivity index (χ1v) is 33.6. The number of halogens is 4. The zero-order valence-corrected chi connectivity index (χ0v) is 59.6. The van der Waals surface area contributed by atoms with E-state index in [2.05, 4.69) is 21.3 Å². The largest absolute Gasteiger partial charge is 0.416 e. The van der Waals surface area contributed by atoms with Crippen LogP contribution in [0.25, 0.3) is 0 Å². The summed E-state index contributed by atoms with van der Waals surface area (Å²) in [6, 6.07) is -0.415. The van der Waals surface area contributed by atoms with Gasteiger partial charge in [0, 0.05) is 80.5 Å². The maximum atomic E-state index is 15.2. The van der Waals surface area contributed by atoms with Gasteiger partial charge in [0.15, 0.2) is 0 Å². The molecule has 2 aromatic carbocycles. The highest BCUT2D eigenvalue weighted by Crippen LogP contribution is 2.30. The van der Waals surface area contributed by atoms with Crippen LogP contribution in [0.4, 0.5) is 13.2 Å². The lowest BCUT2D eigenvalue weighted by molar-refractivity contribution is -0.152. The number of ether oxygens (including phenoxy) is 1. The van der Waals surface area contributed by atoms with Crippen molar-refractivity contribution in [2.75, 3.05) is 95.3 Å². The molecule has 29 heteroatoms. The zero-order valence-electron chi connectivity index (χ0n) is 58.9. The summed E-state index contributed by atoms with van der Waals surface area (Å²) in [6.45, 7) is 12.4. The van der Waals surface area contributed by atoms with E-state index in [4.69, 9.17) is 16.3 Å². The van der Waals surface area contributed by atoms with Gasteiger partial charge in [-0.25, -0.2) is 0 Å². The van der Waals surface area contributed by atoms with Gasteiger partial charge < -0.3 is 65.2 Å². The Kier molecular flexibility index (Phi) is 31.7. The van der Waals surface area contributed by atoms with Crippen molar-refractivity contribution in [2.24, 2.45) is 17.8 Å². The van der Waals surface area contributed by atoms with Gasteiger partial charge in [-0.15, -0.1) is 0 Å². The predicted molar refractivity (Wildman–Crippen MR) is 357 cm³/mol. The first-order chi connectivity index (χ1) is 45.4. The number of alkyl halides is 3. The van der Waals surface area contributed by atoms with Gasteiger partial charge in [-0.05, 0) is 105 Å². The van der Waals surface area contributed by atoms with E-state index in [1.807, 2.05) is 6.92 Å². The van der Waals surface area contributed by atoms with Crippen molar-refractivity contribution in [1.29, 1.82) is 0 Å². The molecule has 4 N–H and O–H groups in total. The van der Waals surface area contributed by atoms with Crippen molar-refractivity contribution in [3.8, 4) is 0 Å². The van der Waals surface area contributed by atoms with E-state index >= 15 is 9.59 Å². The van der Waals surface area contributed by atoms with Gasteiger partial charge in [0.2, 0.25) is 70.9 Å². The third-order valence-corrected chi connectivity index (χ3v) is 18.1. The molecule has 2 aliphatic rings. The molecular formula is C68H102ClF3N12O13. The molecule has 0 bridgehead atoms. The van der Waals surface area contributed by atoms with Gasteiger partial charge in [-0.2, -0.15) is 13.2 Å². The molecular weight excluding hydrogens is 1290 g/mol. The van der Waals surface area contributed by atoms with Crippen LogP contribution in [-0.4, -0.2) is 254 Å². The van der Waals surface area contributed by atoms with E-state index in [0.29, 0.717) is 54.9 Å². The molecule has 12 amide bonds. The second kappa shape index (κ2) is 37.7. The molecule has 25 nitrogen and oxygen atoms in total. The van der Waals surface area contributed by atoms with Crippen LogP contribution in [0.3, 0.4) is 0 Å². The van der Waals surface area contributed by atoms with Crippen LogP contribution in [0.5, 0.6) is 0 Å². The number of nitrogens with zero attached hydrogens (tertiary/aromatic N) is 8. The Morgan fingerprint density at radius 1 is 0.588 bits per heavy atom. The van der Waals surface area contributed by atoms with Crippen LogP contribution < -0.4 is 21.3 Å². The number of nitrogens with one attached hydrogen (secondary N) is 4. The number of hydrogen-bond donors (Lipinski definition) is 4. The highest BCUT2D eigenvalue weighted by atomic mass is 35.5. The minimum absolute atomic E-state index is 0.0242. The summed E-state index contributed by atoms with van der Waals surface area (Å²) in [5, 5.41) is 11.3. The average molecular weight is 1390 g/mol. The summed E-state index contributed by atoms with van der Waals surface area (Å²) < 4.78 is 46.9. The monoisotopic (exact) mass is 1390 g/mol. The summed E-state index contributed by atoms with van der Waals surface area (Å²) in [6.07, 6.45) is -3.53. The molecule has 0 radical (unpaired) electrons. The fourth-order valence-corrected chi connectivity index (χ4v) is 11.4. The summed E-state index contributed by atoms with van der Waals surface area (Å²) in [5.74, 6) is -10.2. The molecule has 0 saturated carbocycles. The number of carbonyl (C=O) groups excluding carboxylic acids is 12. The van der Waals surface area contributed by atoms with Crippen LogP contribution in [0, 0.1) is 17.8 Å². The van der Waals surface area contributed by atoms with E-state index in [1.165, 1.54) is 73.3 Å². The lowest BCUT2D eigenvalue weighted by Crippen LogP contribution is -2.61. The molecule has 2 saturated heterocycles. The van der Waals surface area contributed by atoms with Gasteiger partial charge in [0.05, 0.1) is 38.2 Å². The normalized spacial score (nSPS) is 23.9. The molecule has 0 aromatic heterocycles. The Labute approximate surface area is 573 Å². The molecule has 2 heterocycles. The van der Waals surface area contributed by atoms with Crippen LogP contribution in [0.1, 0.15) is 123 Å². The Morgan fingerprint density at radius 3 is 1.72 bits per heavy atom. The van der Waals surface area contributed by atoms with Crippen LogP contribution >= 0.6 is 11.6 Å². The Morgan fingerprint density at radius 2 is 1.15 bits per heavy atom. The minimum Gasteiger partial charge on any atom is -0.379 e. The first kappa shape index (κ1) is 81.5. The summed E-state index contributed by atoms with van der Waals surface area (Å²) in [4.78, 5) is 184. The predicted octanol–water partition coefficient (Wildman–Crippen LogP) is 3.77. The molecule has 2 aromatic rings. The van der Waals surface area contributed by atoms with Crippen molar-refractivity contribution < 1.29 is 75.4 Å². The van der Waals surface area contributed by atoms with Gasteiger partial charge in [0.1, 0.15) is 48.3 Å². The minimum atomic E-state index is -4.65. The van der Waals surface area contributed by atoms with Gasteiger partial charge >= 0.3 is 6.18 Å². The van der Waals surface area contributed by atoms with Crippen molar-refractivity contribution in [1.82, 2.24) is 60.5 Å². The number of amides is 12. The third-order valence-electron chi connectivity index (χ3n) is 17.8. The van der Waals surface area contributed by atoms with E-state index in [1.54, 1.807) is 65.8 Å². The number of rotatable bonds is 16. The number of likely N-dealkylation sites (N-methyl/N-ethyl adjacent to an activating group) is 7. The topological polar surface area (TPSA) is 288 Å². The van der Waals surface area contributed by atoms with Crippen LogP contribution in [-0.2, 0) is 81.3 Å². The Hall–Kier alpha value is -7.88. The highest BCUT2D eigenvalue weighted by Gasteiger charge is 2.42. The highest BCUT2D eigenvalue weighted by molar-refractivity contribution is 6.30. The van der Waals surface area contributed by atoms with E-state index < -0.39 is 163 Å². The Bertz CT molecular complexity index is 3060. The van der Waals surface area contributed by atoms with Gasteiger partial charge in [-0.1, -0.05) is 90.8 Å². The van der Waals surface area contributed by atoms with E-state index in [9.17, 15) is 61.1 Å². The first-order valence-electron chi connectivity index (χ1n) is 33.2. The summed E-state index contributed by atoms with van der Waals surface area (Å²) in [7, 11) is 9.30. The lowest BCUT2D eigenvalue weighted by Gasteiger charge is -2.37. The van der Waals surface area contributed by atoms with Crippen LogP contribution in [0.2, 0.25) is 5.02 Å². The van der Waals surface area contributed by atoms with Crippen molar-refractivity contribution >= 4 is 82.5 Å². The lowest BCUT2D eigenvalue weighted by atomic mass is 9.97. The fourth-order valence-electron chi connectivity index (χ4n) is 11.3. The number of hydrogen-bond acceptors (Lipinski definition) is 13. The molecule has 1 unspecified atom stereocenters. The van der Waals surface area contributed by atoms with Crippen LogP contribution in [0.15, 0.2) is 48.5 Å². The maximum Gasteiger partial charge on any atom is 0.416 e. The summed E-state index contributed by atoms with van der Waals surface area (Å²) in [5.41, 5.74) is -0.0264. The average Bonchev–Trinajstić information content (AvgIpc) is 1.56. The third kappa shape index (κ3) is 24.0. The Balaban J connectivity index is 1.89. The molecule has 540 valence electrons. The molecule has 9 atom stereocenters. The molecule has 2 fully saturated rings. The number of aryl methyl sites for hydroxylation is 1. The molecule has 0 aliphatic carbocycles. The SMILES string of the molecule is CCCOC[C@H]1C(=O)N(C)[C@@H](CC(C)C)C(=O)NC(C(=O)N2CCCC2)CC(=O)N(C)[C@@H](C)C(=O)N[C@@H]([C@@H](C)CC)C(=O)N(C)CC(=O)N(C)CC(=O)N(C)[C@@H](Cc2ccc(Cl)cc2)C(=O)N(C)CC(=O)N[C@@H](CCc2ccc(C(F)(F)F)cc2)C(=O)N[C@@H](CC(C)C)C(=O)N1C. The van der Waals surface area contributed by atoms with Crippen molar-refractivity contribution in [2.45, 2.75) is 174 Å². The second-order valence-electron chi connectivity index (χ2n) is 26.5. The van der Waals surface area contributed by atoms with E-state index in [0.717, 1.165) is 46.4 Å². The standard InChI is InChI=1S/C68H102ClF3N12O13/c1-16-32-97-40-54-66(95)82(14)52(34-42(5)6)62(91)75-51(64(93)84-30-18-19-31-84)36-56(86)80(12)44(8)60(89)76-59(43(7)17-2)67(96)79(11)38-57(87)77(9)39-58(88)81(13)53(35-46-22-27-48(69)28-23-46)65(94)78(10)37-55(85)73-49(29-24-45-20-25-47(26-21-45)68(70,71)72)61(90)74-50(33-41(3)4)63(92)83(54)15/h20-23,25-28,41-44,49-54,59H,16-19,24,29-40H2,1-15H3,(H,73,85)(H,74,90)(H,75,91)(H,76,89)/t43-,44-,49-,50-,51?,52-,53-,54-,59-/m0/s1. The quantitative estimate of drug-likeness (QED) is 0.174. The molecule has 4 rings (SSSR count). The molecule has 97 heavy (non-hydrogen) atoms. The number of likely N-dealkylation sites (tertiary alicyclic amines) is 1. The molecule has 2 aliphatic heterocycles. The number of benzene rings is 2. The fraction of sp³-hybridized carbons (Fsp3) is 0.647. The van der Waals surface area contributed by atoms with Crippen molar-refractivity contribution in [3.63, 3.8) is 0 Å². The maximum absolute atomic E-state index is 15.2. The zero-order chi connectivity index (χ0) is 72.9.